The van der Waals surface area contributed by atoms with Gasteiger partial charge >= 0.3 is 18.2 Å². The molecule has 0 radical (unpaired) electrons. The fraction of sp³-hybridized carbons (Fsp3) is 0.812. The van der Waals surface area contributed by atoms with Crippen molar-refractivity contribution in [3.63, 3.8) is 0 Å². The number of aliphatic carboxylic acids is 1. The molecule has 0 aliphatic rings. The molecule has 0 aromatic rings. The van der Waals surface area contributed by atoms with Crippen LogP contribution in [-0.2, 0) is 19.1 Å². The maximum absolute atomic E-state index is 11.6. The third kappa shape index (κ3) is 15.5. The van der Waals surface area contributed by atoms with Crippen LogP contribution < -0.4 is 10.6 Å². The van der Waals surface area contributed by atoms with Gasteiger partial charge in [-0.1, -0.05) is 0 Å². The van der Waals surface area contributed by atoms with Gasteiger partial charge in [0.25, 0.3) is 5.09 Å². The molecule has 12 heteroatoms. The molecule has 3 N–H and O–H groups in total. The monoisotopic (exact) mass is 407 g/mol. The Balaban J connectivity index is 3.84. The lowest BCUT2D eigenvalue weighted by molar-refractivity contribution is -0.757. The first-order chi connectivity index (χ1) is 13.0. The molecule has 0 bridgehead atoms. The Labute approximate surface area is 163 Å². The van der Waals surface area contributed by atoms with Gasteiger partial charge in [-0.15, -0.1) is 10.1 Å². The van der Waals surface area contributed by atoms with E-state index in [0.29, 0.717) is 25.7 Å². The van der Waals surface area contributed by atoms with E-state index in [4.69, 9.17) is 14.6 Å². The molecule has 0 aromatic carbocycles. The van der Waals surface area contributed by atoms with Crippen molar-refractivity contribution in [2.75, 3.05) is 19.8 Å². The number of carboxylic acids is 1. The standard InChI is InChI=1S/C16H29N3O9/c1-16(2,3)28-15(23)18-12(13(20)21)8-4-5-9-17-14(22)26-10-6-7-11-27-19(24)25/h12H,4-11H2,1-3H3,(H,17,22)(H,18,23)(H,20,21). The number of unbranched alkanes of at least 4 members (excludes halogenated alkanes) is 2. The SMILES string of the molecule is CC(C)(C)OC(=O)NC(CCCCNC(=O)OCCCCO[N+](=O)[O-])C(=O)O. The molecule has 162 valence electrons. The summed E-state index contributed by atoms with van der Waals surface area (Å²) in [5, 5.41) is 23.0. The minimum atomic E-state index is -1.17. The number of rotatable bonds is 13. The van der Waals surface area contributed by atoms with Gasteiger partial charge in [0.1, 0.15) is 11.6 Å². The van der Waals surface area contributed by atoms with Crippen LogP contribution in [0.2, 0.25) is 0 Å². The smallest absolute Gasteiger partial charge is 0.408 e. The van der Waals surface area contributed by atoms with Crippen molar-refractivity contribution >= 4 is 18.2 Å². The van der Waals surface area contributed by atoms with E-state index in [1.165, 1.54) is 0 Å². The summed E-state index contributed by atoms with van der Waals surface area (Å²) in [5.41, 5.74) is -0.725. The maximum Gasteiger partial charge on any atom is 0.408 e. The zero-order valence-electron chi connectivity index (χ0n) is 16.4. The maximum atomic E-state index is 11.6. The van der Waals surface area contributed by atoms with Gasteiger partial charge in [-0.25, -0.2) is 14.4 Å². The average molecular weight is 407 g/mol. The molecular weight excluding hydrogens is 378 g/mol. The molecule has 1 unspecified atom stereocenters. The van der Waals surface area contributed by atoms with Gasteiger partial charge in [-0.2, -0.15) is 0 Å². The minimum absolute atomic E-state index is 0.0555. The summed E-state index contributed by atoms with van der Waals surface area (Å²) in [6, 6.07) is -1.08. The van der Waals surface area contributed by atoms with Crippen molar-refractivity contribution in [3.05, 3.63) is 10.1 Å². The zero-order valence-corrected chi connectivity index (χ0v) is 16.4. The molecule has 28 heavy (non-hydrogen) atoms. The third-order valence-corrected chi connectivity index (χ3v) is 3.15. The second-order valence-corrected chi connectivity index (χ2v) is 6.86. The molecule has 0 saturated carbocycles. The normalized spacial score (nSPS) is 11.8. The Morgan fingerprint density at radius 1 is 1.07 bits per heavy atom. The zero-order chi connectivity index (χ0) is 21.6. The van der Waals surface area contributed by atoms with Crippen molar-refractivity contribution in [2.45, 2.75) is 64.5 Å². The van der Waals surface area contributed by atoms with E-state index < -0.39 is 34.9 Å². The minimum Gasteiger partial charge on any atom is -0.480 e. The molecule has 0 aromatic heterocycles. The molecule has 0 fully saturated rings. The summed E-state index contributed by atoms with van der Waals surface area (Å²) < 4.78 is 9.89. The molecular formula is C16H29N3O9. The first-order valence-electron chi connectivity index (χ1n) is 8.91. The molecule has 0 saturated heterocycles. The second-order valence-electron chi connectivity index (χ2n) is 6.86. The van der Waals surface area contributed by atoms with E-state index in [2.05, 4.69) is 15.5 Å². The predicted octanol–water partition coefficient (Wildman–Crippen LogP) is 1.85. The van der Waals surface area contributed by atoms with Crippen LogP contribution >= 0.6 is 0 Å². The highest BCUT2D eigenvalue weighted by Crippen LogP contribution is 2.08. The van der Waals surface area contributed by atoms with Crippen molar-refractivity contribution in [2.24, 2.45) is 0 Å². The predicted molar refractivity (Wildman–Crippen MR) is 96.2 cm³/mol. The number of ether oxygens (including phenoxy) is 2. The van der Waals surface area contributed by atoms with Crippen LogP contribution in [0.1, 0.15) is 52.9 Å². The van der Waals surface area contributed by atoms with Gasteiger partial charge < -0.3 is 30.1 Å². The average Bonchev–Trinajstić information content (AvgIpc) is 2.54. The fourth-order valence-corrected chi connectivity index (χ4v) is 1.93. The molecule has 0 aliphatic heterocycles. The number of nitrogens with zero attached hydrogens (tertiary/aromatic N) is 1. The Kier molecular flexibility index (Phi) is 12.1. The lowest BCUT2D eigenvalue weighted by atomic mass is 10.1. The summed E-state index contributed by atoms with van der Waals surface area (Å²) >= 11 is 0. The summed E-state index contributed by atoms with van der Waals surface area (Å²) in [5.74, 6) is -1.17. The summed E-state index contributed by atoms with van der Waals surface area (Å²) in [6.45, 7) is 5.35. The highest BCUT2D eigenvalue weighted by Gasteiger charge is 2.23. The van der Waals surface area contributed by atoms with Crippen LogP contribution in [0, 0.1) is 10.1 Å². The van der Waals surface area contributed by atoms with Crippen molar-refractivity contribution < 1.29 is 38.9 Å². The largest absolute Gasteiger partial charge is 0.480 e. The number of carboxylic acid groups (broad SMARTS) is 1. The molecule has 12 nitrogen and oxygen atoms in total. The van der Waals surface area contributed by atoms with E-state index in [9.17, 15) is 24.5 Å². The van der Waals surface area contributed by atoms with Gasteiger partial charge in [-0.3, -0.25) is 0 Å². The van der Waals surface area contributed by atoms with E-state index in [0.717, 1.165) is 0 Å². The van der Waals surface area contributed by atoms with Crippen molar-refractivity contribution in [1.29, 1.82) is 0 Å². The van der Waals surface area contributed by atoms with Crippen LogP contribution in [0.15, 0.2) is 0 Å². The topological polar surface area (TPSA) is 166 Å². The molecule has 0 aliphatic carbocycles. The fourth-order valence-electron chi connectivity index (χ4n) is 1.93. The highest BCUT2D eigenvalue weighted by molar-refractivity contribution is 5.79. The van der Waals surface area contributed by atoms with Crippen molar-refractivity contribution in [3.8, 4) is 0 Å². The van der Waals surface area contributed by atoms with Crippen molar-refractivity contribution in [1.82, 2.24) is 10.6 Å². The number of amides is 2. The van der Waals surface area contributed by atoms with Gasteiger partial charge in [-0.05, 0) is 52.9 Å². The van der Waals surface area contributed by atoms with E-state index in [1.807, 2.05) is 0 Å². The lowest BCUT2D eigenvalue weighted by Crippen LogP contribution is -2.43. The number of alkyl carbamates (subject to hydrolysis) is 2. The Morgan fingerprint density at radius 2 is 1.71 bits per heavy atom. The number of hydrogen-bond acceptors (Lipinski definition) is 8. The number of carbonyl (C=O) groups excluding carboxylic acids is 2. The van der Waals surface area contributed by atoms with Crippen LogP contribution in [0.25, 0.3) is 0 Å². The summed E-state index contributed by atoms with van der Waals surface area (Å²) in [7, 11) is 0. The number of carbonyl (C=O) groups is 3. The second kappa shape index (κ2) is 13.4. The Bertz CT molecular complexity index is 520. The number of nitrogens with one attached hydrogen (secondary N) is 2. The van der Waals surface area contributed by atoms with Gasteiger partial charge in [0, 0.05) is 6.54 Å². The van der Waals surface area contributed by atoms with Crippen LogP contribution in [0.5, 0.6) is 0 Å². The number of hydrogen-bond donors (Lipinski definition) is 3. The third-order valence-electron chi connectivity index (χ3n) is 3.15. The molecule has 0 heterocycles. The lowest BCUT2D eigenvalue weighted by Gasteiger charge is -2.22. The Hall–Kier alpha value is -2.79. The van der Waals surface area contributed by atoms with E-state index >= 15 is 0 Å². The summed E-state index contributed by atoms with van der Waals surface area (Å²) in [6.07, 6.45) is 0.508. The molecule has 0 spiro atoms. The van der Waals surface area contributed by atoms with Crippen LogP contribution in [-0.4, -0.2) is 59.8 Å². The van der Waals surface area contributed by atoms with Gasteiger partial charge in [0.05, 0.1) is 13.2 Å². The Morgan fingerprint density at radius 3 is 2.29 bits per heavy atom. The van der Waals surface area contributed by atoms with Gasteiger partial charge in [0.2, 0.25) is 0 Å². The molecule has 1 atom stereocenters. The first kappa shape index (κ1) is 25.2. The quantitative estimate of drug-likeness (QED) is 0.234. The first-order valence-corrected chi connectivity index (χ1v) is 8.91. The highest BCUT2D eigenvalue weighted by atomic mass is 16.9. The van der Waals surface area contributed by atoms with Gasteiger partial charge in [0.15, 0.2) is 0 Å². The summed E-state index contributed by atoms with van der Waals surface area (Å²) in [4.78, 5) is 48.3. The van der Waals surface area contributed by atoms with E-state index in [-0.39, 0.29) is 26.2 Å². The van der Waals surface area contributed by atoms with E-state index in [1.54, 1.807) is 20.8 Å². The van der Waals surface area contributed by atoms with Crippen LogP contribution in [0.4, 0.5) is 9.59 Å². The molecule has 0 rings (SSSR count). The van der Waals surface area contributed by atoms with Crippen LogP contribution in [0.3, 0.4) is 0 Å². The molecule has 2 amide bonds.